The van der Waals surface area contributed by atoms with Crippen LogP contribution in [0.25, 0.3) is 0 Å². The molecule has 1 aliphatic rings. The van der Waals surface area contributed by atoms with E-state index in [-0.39, 0.29) is 5.41 Å². The van der Waals surface area contributed by atoms with Gasteiger partial charge in [0.1, 0.15) is 5.82 Å². The van der Waals surface area contributed by atoms with E-state index in [9.17, 15) is 0 Å². The molecule has 1 heterocycles. The maximum atomic E-state index is 4.57. The highest BCUT2D eigenvalue weighted by Gasteiger charge is 2.28. The van der Waals surface area contributed by atoms with Gasteiger partial charge < -0.3 is 5.32 Å². The maximum absolute atomic E-state index is 4.57. The molecule has 1 aliphatic carbocycles. The minimum Gasteiger partial charge on any atom is -0.360 e. The summed E-state index contributed by atoms with van der Waals surface area (Å²) in [6.07, 6.45) is 5.43. The molecule has 0 saturated heterocycles. The van der Waals surface area contributed by atoms with Gasteiger partial charge in [-0.1, -0.05) is 40.5 Å². The number of hydrogen-bond donors (Lipinski definition) is 1. The highest BCUT2D eigenvalue weighted by molar-refractivity contribution is 7.09. The molecular weight excluding hydrogens is 230 g/mol. The second kappa shape index (κ2) is 4.56. The van der Waals surface area contributed by atoms with Crippen molar-refractivity contribution in [2.24, 2.45) is 5.41 Å². The number of hydrogen-bond acceptors (Lipinski definition) is 4. The third-order valence-corrected chi connectivity index (χ3v) is 4.25. The van der Waals surface area contributed by atoms with Crippen LogP contribution in [0.15, 0.2) is 0 Å². The van der Waals surface area contributed by atoms with E-state index < -0.39 is 0 Å². The summed E-state index contributed by atoms with van der Waals surface area (Å²) >= 11 is 1.49. The number of aromatic nitrogens is 2. The quantitative estimate of drug-likeness (QED) is 0.889. The lowest BCUT2D eigenvalue weighted by Gasteiger charge is -2.23. The van der Waals surface area contributed by atoms with E-state index in [0.717, 1.165) is 17.5 Å². The van der Waals surface area contributed by atoms with Gasteiger partial charge >= 0.3 is 0 Å². The van der Waals surface area contributed by atoms with Gasteiger partial charge in [-0.2, -0.15) is 4.37 Å². The first-order chi connectivity index (χ1) is 7.89. The van der Waals surface area contributed by atoms with Crippen molar-refractivity contribution < 1.29 is 0 Å². The fourth-order valence-corrected chi connectivity index (χ4v) is 3.05. The molecule has 4 heteroatoms. The highest BCUT2D eigenvalue weighted by atomic mass is 32.1. The van der Waals surface area contributed by atoms with Crippen molar-refractivity contribution in [3.63, 3.8) is 0 Å². The van der Waals surface area contributed by atoms with Crippen molar-refractivity contribution >= 4 is 16.7 Å². The summed E-state index contributed by atoms with van der Waals surface area (Å²) in [6.45, 7) is 9.86. The molecule has 0 aromatic carbocycles. The first kappa shape index (κ1) is 12.8. The van der Waals surface area contributed by atoms with Crippen molar-refractivity contribution in [2.45, 2.75) is 58.8 Å². The summed E-state index contributed by atoms with van der Waals surface area (Å²) in [6, 6.07) is 0. The van der Waals surface area contributed by atoms with Gasteiger partial charge in [-0.3, -0.25) is 0 Å². The Hall–Kier alpha value is -0.640. The van der Waals surface area contributed by atoms with E-state index in [1.807, 2.05) is 0 Å². The third kappa shape index (κ3) is 3.18. The molecule has 17 heavy (non-hydrogen) atoms. The summed E-state index contributed by atoms with van der Waals surface area (Å²) in [5, 5.41) is 4.44. The molecule has 1 N–H and O–H groups in total. The Morgan fingerprint density at radius 1 is 1.29 bits per heavy atom. The van der Waals surface area contributed by atoms with Crippen LogP contribution in [0.1, 0.15) is 59.2 Å². The number of nitrogens with one attached hydrogen (secondary N) is 1. The highest BCUT2D eigenvalue weighted by Crippen LogP contribution is 2.37. The molecule has 0 amide bonds. The Kier molecular flexibility index (Phi) is 3.43. The van der Waals surface area contributed by atoms with Crippen LogP contribution in [-0.2, 0) is 5.41 Å². The molecular formula is C13H23N3S. The zero-order chi connectivity index (χ0) is 12.5. The first-order valence-electron chi connectivity index (χ1n) is 6.47. The second-order valence-corrected chi connectivity index (χ2v) is 7.30. The summed E-state index contributed by atoms with van der Waals surface area (Å²) < 4.78 is 4.42. The topological polar surface area (TPSA) is 37.8 Å². The van der Waals surface area contributed by atoms with Crippen LogP contribution in [0.5, 0.6) is 0 Å². The van der Waals surface area contributed by atoms with Gasteiger partial charge in [0.2, 0.25) is 5.13 Å². The van der Waals surface area contributed by atoms with Crippen LogP contribution in [-0.4, -0.2) is 15.9 Å². The molecule has 1 aromatic rings. The molecule has 2 rings (SSSR count). The molecule has 0 unspecified atom stereocenters. The molecule has 96 valence electrons. The summed E-state index contributed by atoms with van der Waals surface area (Å²) in [5.74, 6) is 0.946. The van der Waals surface area contributed by atoms with Crippen LogP contribution < -0.4 is 5.32 Å². The SMILES string of the molecule is CC1(CNc2nc(C(C)(C)C)ns2)CCCC1. The number of nitrogens with zero attached hydrogens (tertiary/aromatic N) is 2. The summed E-state index contributed by atoms with van der Waals surface area (Å²) in [4.78, 5) is 4.57. The Morgan fingerprint density at radius 2 is 1.94 bits per heavy atom. The Morgan fingerprint density at radius 3 is 2.47 bits per heavy atom. The van der Waals surface area contributed by atoms with Gasteiger partial charge in [-0.15, -0.1) is 0 Å². The molecule has 0 bridgehead atoms. The van der Waals surface area contributed by atoms with Crippen LogP contribution in [0.3, 0.4) is 0 Å². The van der Waals surface area contributed by atoms with Crippen molar-refractivity contribution in [1.29, 1.82) is 0 Å². The molecule has 0 radical (unpaired) electrons. The molecule has 0 aliphatic heterocycles. The second-order valence-electron chi connectivity index (χ2n) is 6.54. The maximum Gasteiger partial charge on any atom is 0.202 e. The summed E-state index contributed by atoms with van der Waals surface area (Å²) in [5.41, 5.74) is 0.515. The third-order valence-electron chi connectivity index (χ3n) is 3.57. The van der Waals surface area contributed by atoms with Crippen LogP contribution in [0.2, 0.25) is 0 Å². The van der Waals surface area contributed by atoms with Gasteiger partial charge in [-0.25, -0.2) is 4.98 Å². The number of anilines is 1. The average Bonchev–Trinajstić information content (AvgIpc) is 2.83. The Bertz CT molecular complexity index is 372. The lowest BCUT2D eigenvalue weighted by atomic mass is 9.89. The lowest BCUT2D eigenvalue weighted by molar-refractivity contribution is 0.362. The smallest absolute Gasteiger partial charge is 0.202 e. The van der Waals surface area contributed by atoms with E-state index in [0.29, 0.717) is 5.41 Å². The molecule has 0 atom stereocenters. The fourth-order valence-electron chi connectivity index (χ4n) is 2.29. The first-order valence-corrected chi connectivity index (χ1v) is 7.25. The predicted octanol–water partition coefficient (Wildman–Crippen LogP) is 3.83. The predicted molar refractivity (Wildman–Crippen MR) is 73.7 cm³/mol. The molecule has 0 spiro atoms. The molecule has 1 fully saturated rings. The van der Waals surface area contributed by atoms with E-state index in [1.165, 1.54) is 37.2 Å². The normalized spacial score (nSPS) is 19.5. The average molecular weight is 253 g/mol. The Labute approximate surface area is 108 Å². The Balaban J connectivity index is 1.93. The van der Waals surface area contributed by atoms with Crippen LogP contribution in [0.4, 0.5) is 5.13 Å². The molecule has 1 aromatic heterocycles. The van der Waals surface area contributed by atoms with Gasteiger partial charge in [0.15, 0.2) is 0 Å². The van der Waals surface area contributed by atoms with Crippen molar-refractivity contribution in [2.75, 3.05) is 11.9 Å². The number of rotatable bonds is 3. The summed E-state index contributed by atoms with van der Waals surface area (Å²) in [7, 11) is 0. The van der Waals surface area contributed by atoms with Gasteiger partial charge in [0.05, 0.1) is 0 Å². The molecule has 3 nitrogen and oxygen atoms in total. The largest absolute Gasteiger partial charge is 0.360 e. The van der Waals surface area contributed by atoms with E-state index >= 15 is 0 Å². The van der Waals surface area contributed by atoms with Crippen molar-refractivity contribution in [3.8, 4) is 0 Å². The van der Waals surface area contributed by atoms with E-state index in [1.54, 1.807) is 0 Å². The van der Waals surface area contributed by atoms with Gasteiger partial charge in [0, 0.05) is 23.5 Å². The zero-order valence-corrected chi connectivity index (χ0v) is 12.2. The minimum atomic E-state index is 0.0493. The van der Waals surface area contributed by atoms with Crippen LogP contribution >= 0.6 is 11.5 Å². The van der Waals surface area contributed by atoms with Gasteiger partial charge in [0.25, 0.3) is 0 Å². The van der Waals surface area contributed by atoms with E-state index in [2.05, 4.69) is 42.4 Å². The van der Waals surface area contributed by atoms with Gasteiger partial charge in [-0.05, 0) is 18.3 Å². The van der Waals surface area contributed by atoms with Crippen LogP contribution in [0, 0.1) is 5.41 Å². The van der Waals surface area contributed by atoms with Crippen molar-refractivity contribution in [3.05, 3.63) is 5.82 Å². The lowest BCUT2D eigenvalue weighted by Crippen LogP contribution is -2.23. The standard InChI is InChI=1S/C13H23N3S/c1-12(2,3)10-15-11(17-16-10)14-9-13(4)7-5-6-8-13/h5-9H2,1-4H3,(H,14,15,16). The van der Waals surface area contributed by atoms with E-state index in [4.69, 9.17) is 0 Å². The minimum absolute atomic E-state index is 0.0493. The van der Waals surface area contributed by atoms with Crippen molar-refractivity contribution in [1.82, 2.24) is 9.36 Å². The zero-order valence-electron chi connectivity index (χ0n) is 11.3. The monoisotopic (exact) mass is 253 g/mol. The fraction of sp³-hybridized carbons (Fsp3) is 0.846. The molecule has 1 saturated carbocycles.